The maximum atomic E-state index is 2.33. The summed E-state index contributed by atoms with van der Waals surface area (Å²) in [5, 5.41) is 2.57. The predicted molar refractivity (Wildman–Crippen MR) is 403 cm³/mol. The maximum absolute atomic E-state index is 2.33. The molecular weight excluding hydrogens is 1180 g/mol. The van der Waals surface area contributed by atoms with Crippen molar-refractivity contribution >= 4 is 111 Å². The van der Waals surface area contributed by atoms with Crippen molar-refractivity contribution in [2.45, 2.75) is 0 Å². The minimum absolute atomic E-state index is 1.08. The molecule has 94 heavy (non-hydrogen) atoms. The molecule has 0 aliphatic carbocycles. The van der Waals surface area contributed by atoms with Gasteiger partial charge in [0, 0.05) is 87.4 Å². The van der Waals surface area contributed by atoms with Crippen molar-refractivity contribution in [1.82, 2.24) is 0 Å². The van der Waals surface area contributed by atoms with Crippen LogP contribution in [-0.2, 0) is 0 Å². The minimum Gasteiger partial charge on any atom is -0.311 e. The summed E-state index contributed by atoms with van der Waals surface area (Å²) in [6.07, 6.45) is 0. The summed E-state index contributed by atoms with van der Waals surface area (Å²) in [5.74, 6) is 0. The molecule has 446 valence electrons. The van der Waals surface area contributed by atoms with Crippen LogP contribution in [0.2, 0.25) is 0 Å². The molecule has 6 heteroatoms. The Morgan fingerprint density at radius 2 is 0.319 bits per heavy atom. The van der Waals surface area contributed by atoms with Crippen molar-refractivity contribution < 1.29 is 0 Å². The zero-order valence-corrected chi connectivity index (χ0v) is 53.0. The zero-order valence-electron chi connectivity index (χ0n) is 51.4. The third kappa shape index (κ3) is 11.8. The third-order valence-corrected chi connectivity index (χ3v) is 19.8. The Morgan fingerprint density at radius 1 is 0.149 bits per heavy atom. The van der Waals surface area contributed by atoms with Gasteiger partial charge in [0.15, 0.2) is 0 Å². The summed E-state index contributed by atoms with van der Waals surface area (Å²) in [5.41, 5.74) is 22.5. The summed E-state index contributed by atoms with van der Waals surface area (Å²) >= 11 is 3.68. The van der Waals surface area contributed by atoms with E-state index in [-0.39, 0.29) is 0 Å². The molecule has 0 amide bonds. The predicted octanol–water partition coefficient (Wildman–Crippen LogP) is 26.3. The number of benzene rings is 14. The van der Waals surface area contributed by atoms with E-state index in [4.69, 9.17) is 0 Å². The summed E-state index contributed by atoms with van der Waals surface area (Å²) in [4.78, 5) is 11.9. The first-order valence-electron chi connectivity index (χ1n) is 31.8. The Labute approximate surface area is 557 Å². The SMILES string of the molecule is c1ccc(N(c2ccc(-c3ccc(N(c4ccccc4)c4ccc(-c5ccc(N(c6ccccc6)c6ccc(-c7cc8ccccc8s7)cc6)cc5)cc4)cc3)cc2)c2ccc(-c3ccc(N(c4ccccc4)c4ccc(-c5cc6ccccc6s5)cc4)cc3)cc2)cc1. The van der Waals surface area contributed by atoms with Gasteiger partial charge in [0.05, 0.1) is 0 Å². The van der Waals surface area contributed by atoms with Gasteiger partial charge in [0.2, 0.25) is 0 Å². The number of para-hydroxylation sites is 4. The Morgan fingerprint density at radius 3 is 0.521 bits per heavy atom. The largest absolute Gasteiger partial charge is 0.311 e. The second-order valence-corrected chi connectivity index (χ2v) is 25.5. The van der Waals surface area contributed by atoms with Crippen LogP contribution >= 0.6 is 22.7 Å². The topological polar surface area (TPSA) is 13.0 Å². The first kappa shape index (κ1) is 57.4. The molecule has 16 rings (SSSR count). The highest BCUT2D eigenvalue weighted by atomic mass is 32.1. The number of anilines is 12. The van der Waals surface area contributed by atoms with Gasteiger partial charge in [-0.3, -0.25) is 0 Å². The Bertz CT molecular complexity index is 4780. The highest BCUT2D eigenvalue weighted by molar-refractivity contribution is 7.22. The van der Waals surface area contributed by atoms with Crippen LogP contribution in [0.15, 0.2) is 376 Å². The fourth-order valence-corrected chi connectivity index (χ4v) is 14.8. The second-order valence-electron chi connectivity index (χ2n) is 23.4. The van der Waals surface area contributed by atoms with Crippen molar-refractivity contribution in [2.24, 2.45) is 0 Å². The van der Waals surface area contributed by atoms with Gasteiger partial charge in [0.1, 0.15) is 0 Å². The maximum Gasteiger partial charge on any atom is 0.0462 e. The lowest BCUT2D eigenvalue weighted by Crippen LogP contribution is -2.10. The molecule has 4 nitrogen and oxygen atoms in total. The Hall–Kier alpha value is -11.8. The van der Waals surface area contributed by atoms with Crippen LogP contribution in [0.5, 0.6) is 0 Å². The van der Waals surface area contributed by atoms with Gasteiger partial charge >= 0.3 is 0 Å². The first-order chi connectivity index (χ1) is 46.6. The van der Waals surface area contributed by atoms with Crippen LogP contribution in [0.4, 0.5) is 68.2 Å². The summed E-state index contributed by atoms with van der Waals surface area (Å²) in [6.45, 7) is 0. The highest BCUT2D eigenvalue weighted by Crippen LogP contribution is 2.44. The molecule has 0 fully saturated rings. The monoisotopic (exact) mass is 1240 g/mol. The lowest BCUT2D eigenvalue weighted by atomic mass is 10.0. The smallest absolute Gasteiger partial charge is 0.0462 e. The molecule has 16 aromatic rings. The normalized spacial score (nSPS) is 11.2. The molecule has 0 bridgehead atoms. The summed E-state index contributed by atoms with van der Waals surface area (Å²) in [7, 11) is 0. The zero-order chi connectivity index (χ0) is 62.6. The molecule has 2 heterocycles. The molecule has 14 aromatic carbocycles. The molecule has 0 atom stereocenters. The fourth-order valence-electron chi connectivity index (χ4n) is 12.7. The molecule has 0 saturated heterocycles. The molecule has 0 saturated carbocycles. The van der Waals surface area contributed by atoms with Crippen LogP contribution in [-0.4, -0.2) is 0 Å². The molecular formula is C88H62N4S2. The van der Waals surface area contributed by atoms with Crippen molar-refractivity contribution in [2.75, 3.05) is 19.6 Å². The number of fused-ring (bicyclic) bond motifs is 2. The van der Waals surface area contributed by atoms with Gasteiger partial charge in [0.25, 0.3) is 0 Å². The lowest BCUT2D eigenvalue weighted by molar-refractivity contribution is 1.28. The quantitative estimate of drug-likeness (QED) is 0.0901. The standard InChI is InChI=1S/C88H62N4S2/c1-5-19-73(20-6-1)89(79-49-33-65(34-50-79)67-37-53-81(54-38-67)91(75-23-9-3-10-24-75)83-57-41-69(42-58-83)87-61-71-17-13-15-27-85(71)93-87)77-45-29-63(30-46-77)64-31-47-78(48-32-64)90(74-21-7-2-8-22-74)80-51-35-66(36-52-80)68-39-55-82(56-40-68)92(76-25-11-4-12-26-76)84-59-43-70(44-60-84)88-62-72-18-14-16-28-86(72)94-88/h1-62H. The van der Waals surface area contributed by atoms with E-state index in [1.54, 1.807) is 0 Å². The second kappa shape index (κ2) is 25.8. The Balaban J connectivity index is 0.619. The highest BCUT2D eigenvalue weighted by Gasteiger charge is 2.19. The van der Waals surface area contributed by atoms with E-state index in [0.29, 0.717) is 0 Å². The summed E-state index contributed by atoms with van der Waals surface area (Å²) in [6, 6.07) is 136. The molecule has 2 aromatic heterocycles. The van der Waals surface area contributed by atoms with E-state index in [9.17, 15) is 0 Å². The van der Waals surface area contributed by atoms with Crippen molar-refractivity contribution in [3.63, 3.8) is 0 Å². The number of nitrogens with zero attached hydrogens (tertiary/aromatic N) is 4. The van der Waals surface area contributed by atoms with Crippen molar-refractivity contribution in [1.29, 1.82) is 0 Å². The molecule has 0 radical (unpaired) electrons. The fraction of sp³-hybridized carbons (Fsp3) is 0. The lowest BCUT2D eigenvalue weighted by Gasteiger charge is -2.27. The van der Waals surface area contributed by atoms with E-state index in [0.717, 1.165) is 102 Å². The van der Waals surface area contributed by atoms with E-state index in [1.165, 1.54) is 41.1 Å². The van der Waals surface area contributed by atoms with Gasteiger partial charge < -0.3 is 19.6 Å². The Kier molecular flexibility index (Phi) is 15.8. The summed E-state index contributed by atoms with van der Waals surface area (Å²) < 4.78 is 2.61. The van der Waals surface area contributed by atoms with Crippen LogP contribution in [0.1, 0.15) is 0 Å². The number of thiophene rings is 2. The average Bonchev–Trinajstić information content (AvgIpc) is 1.08. The third-order valence-electron chi connectivity index (χ3n) is 17.5. The molecule has 0 aliphatic rings. The van der Waals surface area contributed by atoms with Crippen LogP contribution in [0.3, 0.4) is 0 Å². The van der Waals surface area contributed by atoms with Gasteiger partial charge in [-0.1, -0.05) is 206 Å². The van der Waals surface area contributed by atoms with E-state index >= 15 is 0 Å². The van der Waals surface area contributed by atoms with Gasteiger partial charge in [-0.25, -0.2) is 0 Å². The van der Waals surface area contributed by atoms with Crippen LogP contribution in [0, 0.1) is 0 Å². The van der Waals surface area contributed by atoms with Gasteiger partial charge in [-0.15, -0.1) is 22.7 Å². The van der Waals surface area contributed by atoms with Crippen LogP contribution in [0.25, 0.3) is 74.4 Å². The minimum atomic E-state index is 1.08. The van der Waals surface area contributed by atoms with Gasteiger partial charge in [-0.2, -0.15) is 0 Å². The van der Waals surface area contributed by atoms with Gasteiger partial charge in [-0.05, 0) is 225 Å². The number of hydrogen-bond donors (Lipinski definition) is 0. The van der Waals surface area contributed by atoms with Crippen LogP contribution < -0.4 is 19.6 Å². The molecule has 0 aliphatic heterocycles. The van der Waals surface area contributed by atoms with E-state index in [1.807, 2.05) is 22.7 Å². The van der Waals surface area contributed by atoms with E-state index < -0.39 is 0 Å². The number of hydrogen-bond acceptors (Lipinski definition) is 6. The van der Waals surface area contributed by atoms with Crippen molar-refractivity contribution in [3.05, 3.63) is 376 Å². The molecule has 0 unspecified atom stereocenters. The molecule has 0 spiro atoms. The number of rotatable bonds is 17. The molecule has 0 N–H and O–H groups in total. The van der Waals surface area contributed by atoms with E-state index in [2.05, 4.69) is 396 Å². The average molecular weight is 1240 g/mol. The first-order valence-corrected chi connectivity index (χ1v) is 33.4. The van der Waals surface area contributed by atoms with Crippen molar-refractivity contribution in [3.8, 4) is 54.3 Å².